The Morgan fingerprint density at radius 2 is 1.77 bits per heavy atom. The van der Waals surface area contributed by atoms with Crippen LogP contribution in [-0.2, 0) is 6.61 Å². The first-order valence-corrected chi connectivity index (χ1v) is 12.8. The number of ether oxygens (including phenoxy) is 1. The van der Waals surface area contributed by atoms with E-state index in [1.807, 2.05) is 6.07 Å². The molecule has 3 aromatic heterocycles. The Bertz CT molecular complexity index is 1650. The highest BCUT2D eigenvalue weighted by Gasteiger charge is 2.13. The number of hydrogen-bond acceptors (Lipinski definition) is 6. The summed E-state index contributed by atoms with van der Waals surface area (Å²) in [6.45, 7) is 0.228. The van der Waals surface area contributed by atoms with Crippen LogP contribution in [0.4, 0.5) is 15.9 Å². The number of benzene rings is 3. The van der Waals surface area contributed by atoms with Crippen LogP contribution in [0.1, 0.15) is 5.56 Å². The number of halogens is 2. The van der Waals surface area contributed by atoms with Gasteiger partial charge in [-0.25, -0.2) is 14.4 Å². The maximum absolute atomic E-state index is 13.4. The molecule has 0 aliphatic heterocycles. The molecule has 0 saturated heterocycles. The Morgan fingerprint density at radius 3 is 2.63 bits per heavy atom. The second kappa shape index (κ2) is 9.26. The van der Waals surface area contributed by atoms with Crippen LogP contribution in [0, 0.1) is 5.82 Å². The molecule has 3 heterocycles. The van der Waals surface area contributed by atoms with Crippen LogP contribution in [0.3, 0.4) is 0 Å². The fourth-order valence-corrected chi connectivity index (χ4v) is 6.17. The molecule has 35 heavy (non-hydrogen) atoms. The summed E-state index contributed by atoms with van der Waals surface area (Å²) in [6, 6.07) is 24.5. The summed E-state index contributed by atoms with van der Waals surface area (Å²) in [5.74, 6) is 0.942. The molecule has 6 aromatic rings. The van der Waals surface area contributed by atoms with E-state index in [4.69, 9.17) is 16.3 Å². The highest BCUT2D eigenvalue weighted by molar-refractivity contribution is 7.28. The van der Waals surface area contributed by atoms with Gasteiger partial charge in [-0.05, 0) is 59.5 Å². The van der Waals surface area contributed by atoms with Crippen LogP contribution in [0.25, 0.3) is 30.1 Å². The lowest BCUT2D eigenvalue weighted by molar-refractivity contribution is 0.306. The molecule has 0 atom stereocenters. The van der Waals surface area contributed by atoms with E-state index in [0.29, 0.717) is 16.6 Å². The zero-order valence-corrected chi connectivity index (χ0v) is 20.6. The molecule has 0 aliphatic carbocycles. The third-order valence-corrected chi connectivity index (χ3v) is 8.13. The van der Waals surface area contributed by atoms with Crippen LogP contribution in [-0.4, -0.2) is 9.97 Å². The van der Waals surface area contributed by atoms with Crippen LogP contribution >= 0.6 is 34.3 Å². The van der Waals surface area contributed by atoms with Gasteiger partial charge in [0, 0.05) is 20.1 Å². The summed E-state index contributed by atoms with van der Waals surface area (Å²) in [5.41, 5.74) is 1.52. The van der Waals surface area contributed by atoms with Crippen molar-refractivity contribution in [1.82, 2.24) is 9.97 Å². The predicted octanol–water partition coefficient (Wildman–Crippen LogP) is 8.69. The van der Waals surface area contributed by atoms with E-state index in [0.717, 1.165) is 26.3 Å². The quantitative estimate of drug-likeness (QED) is 0.240. The van der Waals surface area contributed by atoms with Gasteiger partial charge in [0.25, 0.3) is 0 Å². The Kier molecular flexibility index (Phi) is 5.82. The Balaban J connectivity index is 1.24. The van der Waals surface area contributed by atoms with Gasteiger partial charge in [0.1, 0.15) is 35.1 Å². The number of hydrogen-bond donors (Lipinski definition) is 1. The van der Waals surface area contributed by atoms with Crippen LogP contribution in [0.5, 0.6) is 5.75 Å². The number of nitrogens with one attached hydrogen (secondary N) is 1. The van der Waals surface area contributed by atoms with E-state index in [1.165, 1.54) is 27.1 Å². The van der Waals surface area contributed by atoms with Crippen LogP contribution < -0.4 is 10.1 Å². The molecule has 172 valence electrons. The summed E-state index contributed by atoms with van der Waals surface area (Å²) < 4.78 is 20.4. The molecule has 0 fully saturated rings. The van der Waals surface area contributed by atoms with Crippen molar-refractivity contribution in [1.29, 1.82) is 0 Å². The van der Waals surface area contributed by atoms with Crippen molar-refractivity contribution >= 4 is 66.1 Å². The topological polar surface area (TPSA) is 47.0 Å². The third-order valence-electron chi connectivity index (χ3n) is 5.48. The molecule has 6 rings (SSSR count). The lowest BCUT2D eigenvalue weighted by atomic mass is 10.2. The third kappa shape index (κ3) is 4.58. The van der Waals surface area contributed by atoms with Crippen LogP contribution in [0.15, 0.2) is 85.2 Å². The molecule has 1 N–H and O–H groups in total. The maximum atomic E-state index is 13.4. The van der Waals surface area contributed by atoms with E-state index < -0.39 is 0 Å². The zero-order chi connectivity index (χ0) is 23.8. The molecule has 8 heteroatoms. The van der Waals surface area contributed by atoms with E-state index in [2.05, 4.69) is 51.7 Å². The molecule has 0 saturated carbocycles. The summed E-state index contributed by atoms with van der Waals surface area (Å²) in [5, 5.41) is 6.00. The van der Waals surface area contributed by atoms with Crippen molar-refractivity contribution in [2.45, 2.75) is 6.61 Å². The first-order chi connectivity index (χ1) is 17.1. The first kappa shape index (κ1) is 22.0. The van der Waals surface area contributed by atoms with Gasteiger partial charge < -0.3 is 10.1 Å². The van der Waals surface area contributed by atoms with Gasteiger partial charge in [0.05, 0.1) is 10.4 Å². The van der Waals surface area contributed by atoms with Crippen molar-refractivity contribution in [2.75, 3.05) is 5.32 Å². The minimum atomic E-state index is -0.295. The molecule has 0 unspecified atom stereocenters. The van der Waals surface area contributed by atoms with Gasteiger partial charge in [-0.2, -0.15) is 0 Å². The molecular weight excluding hydrogens is 501 g/mol. The fourth-order valence-electron chi connectivity index (χ4n) is 3.80. The zero-order valence-electron chi connectivity index (χ0n) is 18.2. The minimum Gasteiger partial charge on any atom is -0.487 e. The van der Waals surface area contributed by atoms with Crippen molar-refractivity contribution in [3.63, 3.8) is 0 Å². The number of anilines is 2. The molecule has 0 amide bonds. The average Bonchev–Trinajstić information content (AvgIpc) is 3.48. The van der Waals surface area contributed by atoms with Gasteiger partial charge in [-0.3, -0.25) is 0 Å². The Labute approximate surface area is 213 Å². The molecule has 4 nitrogen and oxygen atoms in total. The van der Waals surface area contributed by atoms with Crippen LogP contribution in [0.2, 0.25) is 5.02 Å². The smallest absolute Gasteiger partial charge is 0.142 e. The number of rotatable bonds is 6. The summed E-state index contributed by atoms with van der Waals surface area (Å²) in [4.78, 5) is 12.2. The summed E-state index contributed by atoms with van der Waals surface area (Å²) >= 11 is 9.89. The van der Waals surface area contributed by atoms with E-state index in [-0.39, 0.29) is 12.4 Å². The second-order valence-corrected chi connectivity index (χ2v) is 10.4. The standard InChI is InChI=1S/C27H17ClFN3OS2/c28-21-12-19(8-9-22(21)33-14-16-4-3-6-18(29)10-16)32-26-20-13-25(35-27(20)31-15-30-26)24-11-17-5-1-2-7-23(17)34-24/h1-13,15H,14H2,(H,30,31,32). The molecular formula is C27H17ClFN3OS2. The normalized spacial score (nSPS) is 11.3. The molecule has 0 bridgehead atoms. The first-order valence-electron chi connectivity index (χ1n) is 10.8. The predicted molar refractivity (Wildman–Crippen MR) is 144 cm³/mol. The minimum absolute atomic E-state index is 0.228. The van der Waals surface area contributed by atoms with E-state index in [9.17, 15) is 4.39 Å². The van der Waals surface area contributed by atoms with Gasteiger partial charge in [-0.15, -0.1) is 22.7 Å². The van der Waals surface area contributed by atoms with Gasteiger partial charge in [0.15, 0.2) is 0 Å². The fraction of sp³-hybridized carbons (Fsp3) is 0.0370. The lowest BCUT2D eigenvalue weighted by Crippen LogP contribution is -1.98. The van der Waals surface area contributed by atoms with Gasteiger partial charge >= 0.3 is 0 Å². The van der Waals surface area contributed by atoms with E-state index >= 15 is 0 Å². The van der Waals surface area contributed by atoms with E-state index in [1.54, 1.807) is 53.3 Å². The van der Waals surface area contributed by atoms with Gasteiger partial charge in [-0.1, -0.05) is 41.9 Å². The molecule has 0 aliphatic rings. The van der Waals surface area contributed by atoms with Crippen molar-refractivity contribution in [3.05, 3.63) is 102 Å². The van der Waals surface area contributed by atoms with Crippen molar-refractivity contribution < 1.29 is 9.13 Å². The number of fused-ring (bicyclic) bond motifs is 2. The van der Waals surface area contributed by atoms with Crippen molar-refractivity contribution in [3.8, 4) is 15.5 Å². The van der Waals surface area contributed by atoms with Crippen molar-refractivity contribution in [2.24, 2.45) is 0 Å². The SMILES string of the molecule is Fc1cccc(COc2ccc(Nc3ncnc4sc(-c5cc6ccccc6s5)cc34)cc2Cl)c1. The summed E-state index contributed by atoms with van der Waals surface area (Å²) in [6.07, 6.45) is 1.56. The maximum Gasteiger partial charge on any atom is 0.142 e. The molecule has 3 aromatic carbocycles. The number of nitrogens with zero attached hydrogens (tertiary/aromatic N) is 2. The van der Waals surface area contributed by atoms with Gasteiger partial charge in [0.2, 0.25) is 0 Å². The monoisotopic (exact) mass is 517 g/mol. The number of aromatic nitrogens is 2. The Hall–Kier alpha value is -3.52. The Morgan fingerprint density at radius 1 is 0.886 bits per heavy atom. The highest BCUT2D eigenvalue weighted by atomic mass is 35.5. The average molecular weight is 518 g/mol. The number of thiophene rings is 2. The largest absolute Gasteiger partial charge is 0.487 e. The second-order valence-electron chi connectivity index (χ2n) is 7.89. The molecule has 0 radical (unpaired) electrons. The summed E-state index contributed by atoms with van der Waals surface area (Å²) in [7, 11) is 0. The highest BCUT2D eigenvalue weighted by Crippen LogP contribution is 2.41. The molecule has 0 spiro atoms. The lowest BCUT2D eigenvalue weighted by Gasteiger charge is -2.11.